The minimum Gasteiger partial charge on any atom is -0.238 e. The fraction of sp³-hybridized carbons (Fsp3) is 0. The van der Waals surface area contributed by atoms with Crippen LogP contribution in [-0.4, -0.2) is 4.98 Å². The molecule has 17 heavy (non-hydrogen) atoms. The van der Waals surface area contributed by atoms with Crippen LogP contribution < -0.4 is 0 Å². The molecule has 2 aromatic rings. The Balaban J connectivity index is 2.23. The minimum absolute atomic E-state index is 0.415. The van der Waals surface area contributed by atoms with Gasteiger partial charge >= 0.3 is 0 Å². The second-order valence-electron chi connectivity index (χ2n) is 3.45. The average molecular weight is 241 g/mol. The zero-order valence-corrected chi connectivity index (χ0v) is 9.72. The predicted molar refractivity (Wildman–Crippen MR) is 69.3 cm³/mol. The van der Waals surface area contributed by atoms with Crippen LogP contribution in [0.1, 0.15) is 17.0 Å². The van der Waals surface area contributed by atoms with Crippen molar-refractivity contribution in [3.05, 3.63) is 64.4 Å². The number of benzene rings is 1. The fourth-order valence-corrected chi connectivity index (χ4v) is 1.60. The summed E-state index contributed by atoms with van der Waals surface area (Å²) in [6.45, 7) is 0. The van der Waals surface area contributed by atoms with Crippen molar-refractivity contribution in [1.29, 1.82) is 5.26 Å². The first-order valence-corrected chi connectivity index (χ1v) is 5.46. The minimum atomic E-state index is 0.415. The van der Waals surface area contributed by atoms with E-state index >= 15 is 0 Å². The molecule has 0 fully saturated rings. The van der Waals surface area contributed by atoms with Gasteiger partial charge in [-0.15, -0.1) is 0 Å². The lowest BCUT2D eigenvalue weighted by molar-refractivity contribution is 1.24. The third-order valence-corrected chi connectivity index (χ3v) is 2.42. The standard InChI is InChI=1S/C14H9ClN2/c15-12-4-1-3-11(9-12)7-8-13-5-2-6-14(10-16)17-13/h1-9H/b8-7+. The van der Waals surface area contributed by atoms with Crippen LogP contribution in [0.2, 0.25) is 5.02 Å². The monoisotopic (exact) mass is 240 g/mol. The SMILES string of the molecule is N#Cc1cccc(/C=C/c2cccc(Cl)c2)n1. The Morgan fingerprint density at radius 1 is 1.12 bits per heavy atom. The van der Waals surface area contributed by atoms with E-state index in [-0.39, 0.29) is 0 Å². The van der Waals surface area contributed by atoms with Gasteiger partial charge in [0.15, 0.2) is 0 Å². The van der Waals surface area contributed by atoms with Crippen molar-refractivity contribution in [3.63, 3.8) is 0 Å². The molecule has 0 unspecified atom stereocenters. The van der Waals surface area contributed by atoms with Crippen LogP contribution in [0.5, 0.6) is 0 Å². The number of hydrogen-bond acceptors (Lipinski definition) is 2. The molecule has 0 aliphatic carbocycles. The first kappa shape index (κ1) is 11.4. The Morgan fingerprint density at radius 2 is 1.94 bits per heavy atom. The lowest BCUT2D eigenvalue weighted by Gasteiger charge is -1.95. The van der Waals surface area contributed by atoms with Gasteiger partial charge in [-0.05, 0) is 35.9 Å². The number of nitrogens with zero attached hydrogens (tertiary/aromatic N) is 2. The van der Waals surface area contributed by atoms with Crippen LogP contribution in [0.25, 0.3) is 12.2 Å². The van der Waals surface area contributed by atoms with Gasteiger partial charge < -0.3 is 0 Å². The maximum Gasteiger partial charge on any atom is 0.141 e. The number of rotatable bonds is 2. The molecule has 82 valence electrons. The van der Waals surface area contributed by atoms with Crippen molar-refractivity contribution < 1.29 is 0 Å². The summed E-state index contributed by atoms with van der Waals surface area (Å²) in [6.07, 6.45) is 3.77. The van der Waals surface area contributed by atoms with Gasteiger partial charge in [0.25, 0.3) is 0 Å². The summed E-state index contributed by atoms with van der Waals surface area (Å²) in [7, 11) is 0. The van der Waals surface area contributed by atoms with Gasteiger partial charge in [-0.2, -0.15) is 5.26 Å². The molecule has 1 heterocycles. The second kappa shape index (κ2) is 5.29. The number of hydrogen-bond donors (Lipinski definition) is 0. The molecular formula is C14H9ClN2. The summed E-state index contributed by atoms with van der Waals surface area (Å²) in [5.74, 6) is 0. The Morgan fingerprint density at radius 3 is 2.71 bits per heavy atom. The normalized spacial score (nSPS) is 10.4. The van der Waals surface area contributed by atoms with E-state index in [2.05, 4.69) is 4.98 Å². The molecule has 1 aromatic carbocycles. The van der Waals surface area contributed by atoms with Crippen LogP contribution in [-0.2, 0) is 0 Å². The van der Waals surface area contributed by atoms with Crippen molar-refractivity contribution in [3.8, 4) is 6.07 Å². The highest BCUT2D eigenvalue weighted by Gasteiger charge is 1.93. The molecule has 0 radical (unpaired) electrons. The zero-order valence-electron chi connectivity index (χ0n) is 8.97. The van der Waals surface area contributed by atoms with E-state index in [4.69, 9.17) is 16.9 Å². The Kier molecular flexibility index (Phi) is 3.54. The quantitative estimate of drug-likeness (QED) is 0.801. The van der Waals surface area contributed by atoms with Gasteiger partial charge in [0.1, 0.15) is 11.8 Å². The number of pyridine rings is 1. The van der Waals surface area contributed by atoms with E-state index in [1.165, 1.54) is 0 Å². The third kappa shape index (κ3) is 3.17. The summed E-state index contributed by atoms with van der Waals surface area (Å²) in [4.78, 5) is 4.15. The van der Waals surface area contributed by atoms with Crippen LogP contribution in [0.15, 0.2) is 42.5 Å². The fourth-order valence-electron chi connectivity index (χ4n) is 1.40. The lowest BCUT2D eigenvalue weighted by atomic mass is 10.2. The van der Waals surface area contributed by atoms with Crippen LogP contribution in [0.4, 0.5) is 0 Å². The van der Waals surface area contributed by atoms with E-state index in [1.54, 1.807) is 6.07 Å². The summed E-state index contributed by atoms with van der Waals surface area (Å²) in [6, 6.07) is 14.9. The molecule has 0 N–H and O–H groups in total. The highest BCUT2D eigenvalue weighted by molar-refractivity contribution is 6.30. The van der Waals surface area contributed by atoms with Crippen molar-refractivity contribution in [2.75, 3.05) is 0 Å². The van der Waals surface area contributed by atoms with E-state index in [1.807, 2.05) is 54.6 Å². The first-order valence-electron chi connectivity index (χ1n) is 5.09. The third-order valence-electron chi connectivity index (χ3n) is 2.18. The smallest absolute Gasteiger partial charge is 0.141 e. The summed E-state index contributed by atoms with van der Waals surface area (Å²) >= 11 is 5.88. The van der Waals surface area contributed by atoms with Crippen molar-refractivity contribution in [2.45, 2.75) is 0 Å². The maximum absolute atomic E-state index is 8.73. The number of aromatic nitrogens is 1. The van der Waals surface area contributed by atoms with Crippen molar-refractivity contribution in [2.24, 2.45) is 0 Å². The van der Waals surface area contributed by atoms with Crippen LogP contribution in [0.3, 0.4) is 0 Å². The first-order chi connectivity index (χ1) is 8.28. The number of halogens is 1. The molecule has 0 atom stereocenters. The average Bonchev–Trinajstić information content (AvgIpc) is 2.37. The summed E-state index contributed by atoms with van der Waals surface area (Å²) in [5, 5.41) is 9.43. The van der Waals surface area contributed by atoms with E-state index in [0.29, 0.717) is 10.7 Å². The molecule has 0 saturated carbocycles. The number of nitriles is 1. The Hall–Kier alpha value is -2.11. The van der Waals surface area contributed by atoms with Gasteiger partial charge in [-0.3, -0.25) is 0 Å². The van der Waals surface area contributed by atoms with Gasteiger partial charge in [0, 0.05) is 5.02 Å². The summed E-state index contributed by atoms with van der Waals surface area (Å²) < 4.78 is 0. The highest BCUT2D eigenvalue weighted by atomic mass is 35.5. The molecule has 0 amide bonds. The second-order valence-corrected chi connectivity index (χ2v) is 3.88. The van der Waals surface area contributed by atoms with Crippen LogP contribution >= 0.6 is 11.6 Å². The highest BCUT2D eigenvalue weighted by Crippen LogP contribution is 2.13. The molecule has 0 saturated heterocycles. The molecule has 1 aromatic heterocycles. The molecule has 0 aliphatic heterocycles. The van der Waals surface area contributed by atoms with Crippen molar-refractivity contribution in [1.82, 2.24) is 4.98 Å². The van der Waals surface area contributed by atoms with Crippen LogP contribution in [0, 0.1) is 11.3 Å². The zero-order chi connectivity index (χ0) is 12.1. The van der Waals surface area contributed by atoms with Gasteiger partial charge in [-0.25, -0.2) is 4.98 Å². The topological polar surface area (TPSA) is 36.7 Å². The molecule has 0 bridgehead atoms. The summed E-state index contributed by atoms with van der Waals surface area (Å²) in [5.41, 5.74) is 2.17. The molecule has 0 spiro atoms. The van der Waals surface area contributed by atoms with Gasteiger partial charge in [0.05, 0.1) is 5.69 Å². The van der Waals surface area contributed by atoms with Gasteiger partial charge in [-0.1, -0.05) is 35.9 Å². The van der Waals surface area contributed by atoms with Gasteiger partial charge in [0.2, 0.25) is 0 Å². The predicted octanol–water partition coefficient (Wildman–Crippen LogP) is 3.78. The largest absolute Gasteiger partial charge is 0.238 e. The Labute approximate surface area is 105 Å². The van der Waals surface area contributed by atoms with E-state index in [9.17, 15) is 0 Å². The van der Waals surface area contributed by atoms with Crippen molar-refractivity contribution >= 4 is 23.8 Å². The van der Waals surface area contributed by atoms with E-state index < -0.39 is 0 Å². The molecular weight excluding hydrogens is 232 g/mol. The molecule has 2 rings (SSSR count). The Bertz CT molecular complexity index is 597. The molecule has 2 nitrogen and oxygen atoms in total. The van der Waals surface area contributed by atoms with E-state index in [0.717, 1.165) is 11.3 Å². The molecule has 3 heteroatoms. The lowest BCUT2D eigenvalue weighted by Crippen LogP contribution is -1.84. The molecule has 0 aliphatic rings. The maximum atomic E-state index is 8.73.